The SMILES string of the molecule is CC(C)Oc1ncccc1NC1CCC(C)(C)C1. The summed E-state index contributed by atoms with van der Waals surface area (Å²) in [6.45, 7) is 8.72. The van der Waals surface area contributed by atoms with Crippen molar-refractivity contribution >= 4 is 5.69 Å². The molecule has 1 aliphatic rings. The summed E-state index contributed by atoms with van der Waals surface area (Å²) >= 11 is 0. The predicted molar refractivity (Wildman–Crippen MR) is 75.0 cm³/mol. The number of hydrogen-bond donors (Lipinski definition) is 1. The molecule has 3 nitrogen and oxygen atoms in total. The summed E-state index contributed by atoms with van der Waals surface area (Å²) in [6, 6.07) is 4.55. The van der Waals surface area contributed by atoms with E-state index in [1.807, 2.05) is 19.9 Å². The molecule has 18 heavy (non-hydrogen) atoms. The smallest absolute Gasteiger partial charge is 0.237 e. The molecule has 0 saturated heterocycles. The molecule has 1 aliphatic carbocycles. The Morgan fingerprint density at radius 1 is 1.44 bits per heavy atom. The molecule has 2 rings (SSSR count). The minimum Gasteiger partial charge on any atom is -0.473 e. The van der Waals surface area contributed by atoms with Gasteiger partial charge < -0.3 is 10.1 Å². The van der Waals surface area contributed by atoms with E-state index in [-0.39, 0.29) is 6.10 Å². The summed E-state index contributed by atoms with van der Waals surface area (Å²) in [4.78, 5) is 4.31. The number of pyridine rings is 1. The van der Waals surface area contributed by atoms with Gasteiger partial charge in [0, 0.05) is 12.2 Å². The monoisotopic (exact) mass is 248 g/mol. The van der Waals surface area contributed by atoms with Crippen LogP contribution in [0.3, 0.4) is 0 Å². The van der Waals surface area contributed by atoms with Gasteiger partial charge in [0.05, 0.1) is 11.8 Å². The number of aromatic nitrogens is 1. The van der Waals surface area contributed by atoms with Crippen LogP contribution in [0.25, 0.3) is 0 Å². The fourth-order valence-electron chi connectivity index (χ4n) is 2.60. The lowest BCUT2D eigenvalue weighted by Crippen LogP contribution is -2.19. The number of hydrogen-bond acceptors (Lipinski definition) is 3. The Hall–Kier alpha value is -1.25. The van der Waals surface area contributed by atoms with Crippen LogP contribution >= 0.6 is 0 Å². The Morgan fingerprint density at radius 3 is 2.83 bits per heavy atom. The van der Waals surface area contributed by atoms with Gasteiger partial charge in [-0.25, -0.2) is 4.98 Å². The average molecular weight is 248 g/mol. The highest BCUT2D eigenvalue weighted by molar-refractivity contribution is 5.53. The van der Waals surface area contributed by atoms with E-state index in [1.54, 1.807) is 6.20 Å². The minimum atomic E-state index is 0.153. The van der Waals surface area contributed by atoms with Crippen LogP contribution in [0.5, 0.6) is 5.88 Å². The molecular weight excluding hydrogens is 224 g/mol. The van der Waals surface area contributed by atoms with Crippen LogP contribution in [0.1, 0.15) is 47.0 Å². The maximum atomic E-state index is 5.73. The number of rotatable bonds is 4. The van der Waals surface area contributed by atoms with Gasteiger partial charge in [0.1, 0.15) is 0 Å². The lowest BCUT2D eigenvalue weighted by atomic mass is 9.92. The second-order valence-electron chi connectivity index (χ2n) is 6.27. The Kier molecular flexibility index (Phi) is 3.79. The maximum Gasteiger partial charge on any atom is 0.237 e. The summed E-state index contributed by atoms with van der Waals surface area (Å²) in [5, 5.41) is 3.58. The standard InChI is InChI=1S/C15H24N2O/c1-11(2)18-14-13(6-5-9-16-14)17-12-7-8-15(3,4)10-12/h5-6,9,11-12,17H,7-8,10H2,1-4H3. The summed E-state index contributed by atoms with van der Waals surface area (Å²) in [6.07, 6.45) is 5.65. The Bertz CT molecular complexity index is 401. The van der Waals surface area contributed by atoms with E-state index in [0.717, 1.165) is 11.6 Å². The fraction of sp³-hybridized carbons (Fsp3) is 0.667. The highest BCUT2D eigenvalue weighted by Crippen LogP contribution is 2.39. The third kappa shape index (κ3) is 3.37. The van der Waals surface area contributed by atoms with Crippen molar-refractivity contribution in [1.29, 1.82) is 0 Å². The van der Waals surface area contributed by atoms with E-state index in [9.17, 15) is 0 Å². The number of nitrogens with zero attached hydrogens (tertiary/aromatic N) is 1. The van der Waals surface area contributed by atoms with E-state index in [4.69, 9.17) is 4.74 Å². The number of ether oxygens (including phenoxy) is 1. The topological polar surface area (TPSA) is 34.1 Å². The molecule has 3 heteroatoms. The van der Waals surface area contributed by atoms with Crippen LogP contribution in [0.15, 0.2) is 18.3 Å². The lowest BCUT2D eigenvalue weighted by molar-refractivity contribution is 0.234. The number of nitrogens with one attached hydrogen (secondary N) is 1. The van der Waals surface area contributed by atoms with Crippen molar-refractivity contribution in [2.75, 3.05) is 5.32 Å². The third-order valence-corrected chi connectivity index (χ3v) is 3.45. The zero-order chi connectivity index (χ0) is 13.2. The summed E-state index contributed by atoms with van der Waals surface area (Å²) in [7, 11) is 0. The molecule has 1 atom stereocenters. The van der Waals surface area contributed by atoms with Gasteiger partial charge in [-0.15, -0.1) is 0 Å². The van der Waals surface area contributed by atoms with Crippen molar-refractivity contribution < 1.29 is 4.74 Å². The third-order valence-electron chi connectivity index (χ3n) is 3.45. The highest BCUT2D eigenvalue weighted by Gasteiger charge is 2.31. The Balaban J connectivity index is 2.05. The van der Waals surface area contributed by atoms with Crippen molar-refractivity contribution in [2.24, 2.45) is 5.41 Å². The normalized spacial score (nSPS) is 22.2. The van der Waals surface area contributed by atoms with Crippen LogP contribution < -0.4 is 10.1 Å². The van der Waals surface area contributed by atoms with Gasteiger partial charge in [-0.2, -0.15) is 0 Å². The van der Waals surface area contributed by atoms with Crippen LogP contribution in [-0.2, 0) is 0 Å². The van der Waals surface area contributed by atoms with Gasteiger partial charge in [0.15, 0.2) is 0 Å². The first-order valence-corrected chi connectivity index (χ1v) is 6.84. The first-order chi connectivity index (χ1) is 8.46. The molecule has 1 N–H and O–H groups in total. The van der Waals surface area contributed by atoms with Crippen molar-refractivity contribution in [3.8, 4) is 5.88 Å². The Morgan fingerprint density at radius 2 is 2.22 bits per heavy atom. The van der Waals surface area contributed by atoms with Crippen molar-refractivity contribution in [3.05, 3.63) is 18.3 Å². The second-order valence-corrected chi connectivity index (χ2v) is 6.27. The van der Waals surface area contributed by atoms with Crippen LogP contribution in [0.4, 0.5) is 5.69 Å². The zero-order valence-electron chi connectivity index (χ0n) is 11.9. The van der Waals surface area contributed by atoms with Crippen molar-refractivity contribution in [3.63, 3.8) is 0 Å². The molecule has 1 heterocycles. The first-order valence-electron chi connectivity index (χ1n) is 6.84. The molecule has 1 aromatic rings. The van der Waals surface area contributed by atoms with Crippen molar-refractivity contribution in [1.82, 2.24) is 4.98 Å². The summed E-state index contributed by atoms with van der Waals surface area (Å²) in [5.74, 6) is 0.720. The lowest BCUT2D eigenvalue weighted by Gasteiger charge is -2.20. The molecule has 1 saturated carbocycles. The molecule has 0 aliphatic heterocycles. The van der Waals surface area contributed by atoms with Gasteiger partial charge in [-0.05, 0) is 50.7 Å². The summed E-state index contributed by atoms with van der Waals surface area (Å²) in [5.41, 5.74) is 1.48. The van der Waals surface area contributed by atoms with Crippen LogP contribution in [0.2, 0.25) is 0 Å². The van der Waals surface area contributed by atoms with Gasteiger partial charge in [0.2, 0.25) is 5.88 Å². The predicted octanol–water partition coefficient (Wildman–Crippen LogP) is 3.86. The van der Waals surface area contributed by atoms with E-state index in [1.165, 1.54) is 19.3 Å². The van der Waals surface area contributed by atoms with E-state index >= 15 is 0 Å². The van der Waals surface area contributed by atoms with E-state index in [0.29, 0.717) is 11.5 Å². The van der Waals surface area contributed by atoms with E-state index in [2.05, 4.69) is 30.2 Å². The molecule has 1 unspecified atom stereocenters. The van der Waals surface area contributed by atoms with Gasteiger partial charge >= 0.3 is 0 Å². The fourth-order valence-corrected chi connectivity index (χ4v) is 2.60. The maximum absolute atomic E-state index is 5.73. The quantitative estimate of drug-likeness (QED) is 0.878. The molecule has 0 aromatic carbocycles. The molecule has 0 bridgehead atoms. The van der Waals surface area contributed by atoms with Gasteiger partial charge in [0.25, 0.3) is 0 Å². The van der Waals surface area contributed by atoms with Crippen molar-refractivity contribution in [2.45, 2.75) is 59.1 Å². The zero-order valence-corrected chi connectivity index (χ0v) is 11.9. The molecule has 0 radical (unpaired) electrons. The van der Waals surface area contributed by atoms with E-state index < -0.39 is 0 Å². The number of anilines is 1. The van der Waals surface area contributed by atoms with Crippen LogP contribution in [0, 0.1) is 5.41 Å². The molecule has 1 fully saturated rings. The Labute approximate surface area is 110 Å². The minimum absolute atomic E-state index is 0.153. The average Bonchev–Trinajstić information content (AvgIpc) is 2.60. The van der Waals surface area contributed by atoms with Gasteiger partial charge in [-0.1, -0.05) is 13.8 Å². The molecule has 0 amide bonds. The molecule has 0 spiro atoms. The highest BCUT2D eigenvalue weighted by atomic mass is 16.5. The largest absolute Gasteiger partial charge is 0.473 e. The second kappa shape index (κ2) is 5.17. The molecule has 1 aromatic heterocycles. The van der Waals surface area contributed by atoms with Gasteiger partial charge in [-0.3, -0.25) is 0 Å². The molecule has 100 valence electrons. The molecular formula is C15H24N2O. The summed E-state index contributed by atoms with van der Waals surface area (Å²) < 4.78 is 5.73. The van der Waals surface area contributed by atoms with Crippen LogP contribution in [-0.4, -0.2) is 17.1 Å². The first kappa shape index (κ1) is 13.2.